The molecule has 1 N–H and O–H groups in total. The Kier molecular flexibility index (Phi) is 2.75. The van der Waals surface area contributed by atoms with Gasteiger partial charge in [-0.15, -0.1) is 5.10 Å². The maximum atomic E-state index is 10.6. The van der Waals surface area contributed by atoms with E-state index in [-0.39, 0.29) is 4.88 Å². The summed E-state index contributed by atoms with van der Waals surface area (Å²) >= 11 is 0.939. The Morgan fingerprint density at radius 3 is 2.83 bits per heavy atom. The summed E-state index contributed by atoms with van der Waals surface area (Å²) in [5.41, 5.74) is 0.600. The molecule has 1 aromatic rings. The fourth-order valence-electron chi connectivity index (χ4n) is 0.891. The van der Waals surface area contributed by atoms with Gasteiger partial charge in [0.05, 0.1) is 5.69 Å². The third-order valence-corrected chi connectivity index (χ3v) is 2.11. The average Bonchev–Trinajstić information content (AvgIpc) is 2.33. The molecule has 0 saturated carbocycles. The first-order valence-corrected chi connectivity index (χ1v) is 4.43. The lowest BCUT2D eigenvalue weighted by Gasteiger charge is -1.99. The van der Waals surface area contributed by atoms with Gasteiger partial charge in [0.15, 0.2) is 4.88 Å². The Labute approximate surface area is 74.4 Å². The second kappa shape index (κ2) is 3.62. The normalized spacial score (nSPS) is 10.6. The van der Waals surface area contributed by atoms with E-state index in [0.29, 0.717) is 18.0 Å². The molecule has 0 amide bonds. The highest BCUT2D eigenvalue weighted by atomic mass is 32.1. The lowest BCUT2D eigenvalue weighted by atomic mass is 10.1. The molecule has 0 bridgehead atoms. The fraction of sp³-hybridized carbons (Fsp3) is 0.571. The molecule has 0 aliphatic carbocycles. The van der Waals surface area contributed by atoms with Crippen LogP contribution in [-0.4, -0.2) is 20.7 Å². The molecule has 12 heavy (non-hydrogen) atoms. The van der Waals surface area contributed by atoms with E-state index in [0.717, 1.165) is 11.5 Å². The van der Waals surface area contributed by atoms with Gasteiger partial charge in [0, 0.05) is 0 Å². The van der Waals surface area contributed by atoms with Crippen molar-refractivity contribution in [1.29, 1.82) is 0 Å². The van der Waals surface area contributed by atoms with Gasteiger partial charge in [0.1, 0.15) is 0 Å². The molecule has 0 unspecified atom stereocenters. The zero-order valence-electron chi connectivity index (χ0n) is 6.94. The van der Waals surface area contributed by atoms with Crippen molar-refractivity contribution in [2.24, 2.45) is 5.92 Å². The van der Waals surface area contributed by atoms with Crippen molar-refractivity contribution in [3.63, 3.8) is 0 Å². The molecule has 0 spiro atoms. The van der Waals surface area contributed by atoms with Gasteiger partial charge in [-0.1, -0.05) is 18.3 Å². The van der Waals surface area contributed by atoms with Gasteiger partial charge >= 0.3 is 5.97 Å². The van der Waals surface area contributed by atoms with Crippen molar-refractivity contribution in [2.45, 2.75) is 20.3 Å². The molecule has 5 heteroatoms. The number of rotatable bonds is 3. The zero-order chi connectivity index (χ0) is 9.14. The van der Waals surface area contributed by atoms with E-state index in [1.54, 1.807) is 0 Å². The standard InChI is InChI=1S/C7H10N2O2S/c1-4(2)3-5-6(7(10)11)12-9-8-5/h4H,3H2,1-2H3,(H,10,11). The van der Waals surface area contributed by atoms with Crippen molar-refractivity contribution < 1.29 is 9.90 Å². The predicted molar refractivity (Wildman–Crippen MR) is 45.4 cm³/mol. The molecule has 1 rings (SSSR count). The van der Waals surface area contributed by atoms with E-state index in [4.69, 9.17) is 5.11 Å². The largest absolute Gasteiger partial charge is 0.477 e. The maximum absolute atomic E-state index is 10.6. The first kappa shape index (κ1) is 9.12. The fourth-order valence-corrected chi connectivity index (χ4v) is 1.42. The van der Waals surface area contributed by atoms with Gasteiger partial charge in [0.25, 0.3) is 0 Å². The summed E-state index contributed by atoms with van der Waals surface area (Å²) in [5, 5.41) is 12.5. The van der Waals surface area contributed by atoms with E-state index in [9.17, 15) is 4.79 Å². The van der Waals surface area contributed by atoms with Crippen molar-refractivity contribution in [3.8, 4) is 0 Å². The summed E-state index contributed by atoms with van der Waals surface area (Å²) in [5.74, 6) is -0.521. The van der Waals surface area contributed by atoms with Crippen molar-refractivity contribution >= 4 is 17.5 Å². The Bertz CT molecular complexity index is 283. The quantitative estimate of drug-likeness (QED) is 0.775. The summed E-state index contributed by atoms with van der Waals surface area (Å²) in [6, 6.07) is 0. The number of carboxylic acids is 1. The van der Waals surface area contributed by atoms with Crippen molar-refractivity contribution in [3.05, 3.63) is 10.6 Å². The van der Waals surface area contributed by atoms with E-state index in [1.165, 1.54) is 0 Å². The first-order chi connectivity index (χ1) is 5.61. The SMILES string of the molecule is CC(C)Cc1nnsc1C(=O)O. The van der Waals surface area contributed by atoms with Crippen LogP contribution in [-0.2, 0) is 6.42 Å². The Morgan fingerprint density at radius 2 is 2.33 bits per heavy atom. The number of carbonyl (C=O) groups is 1. The zero-order valence-corrected chi connectivity index (χ0v) is 7.76. The van der Waals surface area contributed by atoms with Gasteiger partial charge in [0.2, 0.25) is 0 Å². The summed E-state index contributed by atoms with van der Waals surface area (Å²) in [6.07, 6.45) is 0.679. The Balaban J connectivity index is 2.84. The predicted octanol–water partition coefficient (Wildman–Crippen LogP) is 1.43. The number of hydrogen-bond acceptors (Lipinski definition) is 4. The topological polar surface area (TPSA) is 63.1 Å². The Morgan fingerprint density at radius 1 is 1.67 bits per heavy atom. The van der Waals surface area contributed by atoms with E-state index < -0.39 is 5.97 Å². The molecule has 0 aliphatic heterocycles. The maximum Gasteiger partial charge on any atom is 0.349 e. The van der Waals surface area contributed by atoms with Crippen LogP contribution < -0.4 is 0 Å². The van der Waals surface area contributed by atoms with Crippen LogP contribution in [0.3, 0.4) is 0 Å². The molecular weight excluding hydrogens is 176 g/mol. The molecular formula is C7H10N2O2S. The third kappa shape index (κ3) is 2.01. The van der Waals surface area contributed by atoms with Gasteiger partial charge in [-0.3, -0.25) is 0 Å². The van der Waals surface area contributed by atoms with Gasteiger partial charge in [-0.2, -0.15) is 0 Å². The molecule has 0 saturated heterocycles. The molecule has 0 fully saturated rings. The summed E-state index contributed by atoms with van der Waals surface area (Å²) in [4.78, 5) is 10.9. The second-order valence-electron chi connectivity index (χ2n) is 2.95. The van der Waals surface area contributed by atoms with E-state index in [1.807, 2.05) is 13.8 Å². The number of nitrogens with zero attached hydrogens (tertiary/aromatic N) is 2. The second-order valence-corrected chi connectivity index (χ2v) is 3.71. The van der Waals surface area contributed by atoms with Crippen LogP contribution in [0, 0.1) is 5.92 Å². The van der Waals surface area contributed by atoms with Crippen LogP contribution in [0.15, 0.2) is 0 Å². The van der Waals surface area contributed by atoms with Crippen molar-refractivity contribution in [2.75, 3.05) is 0 Å². The Hall–Kier alpha value is -0.970. The van der Waals surface area contributed by atoms with Crippen LogP contribution in [0.2, 0.25) is 0 Å². The average molecular weight is 186 g/mol. The highest BCUT2D eigenvalue weighted by Crippen LogP contribution is 2.14. The van der Waals surface area contributed by atoms with Gasteiger partial charge in [-0.05, 0) is 23.9 Å². The highest BCUT2D eigenvalue weighted by Gasteiger charge is 2.15. The van der Waals surface area contributed by atoms with E-state index >= 15 is 0 Å². The minimum absolute atomic E-state index is 0.267. The van der Waals surface area contributed by atoms with Crippen LogP contribution >= 0.6 is 11.5 Å². The molecule has 0 aromatic carbocycles. The lowest BCUT2D eigenvalue weighted by molar-refractivity contribution is 0.0700. The molecule has 1 heterocycles. The number of carboxylic acid groups (broad SMARTS) is 1. The molecule has 1 aromatic heterocycles. The van der Waals surface area contributed by atoms with Crippen molar-refractivity contribution in [1.82, 2.24) is 9.59 Å². The highest BCUT2D eigenvalue weighted by molar-refractivity contribution is 7.07. The minimum Gasteiger partial charge on any atom is -0.477 e. The van der Waals surface area contributed by atoms with Crippen LogP contribution in [0.1, 0.15) is 29.2 Å². The van der Waals surface area contributed by atoms with Gasteiger partial charge in [-0.25, -0.2) is 4.79 Å². The van der Waals surface area contributed by atoms with Crippen LogP contribution in [0.5, 0.6) is 0 Å². The molecule has 0 aliphatic rings. The molecule has 0 atom stereocenters. The third-order valence-electron chi connectivity index (χ3n) is 1.35. The van der Waals surface area contributed by atoms with Crippen LogP contribution in [0.4, 0.5) is 0 Å². The number of hydrogen-bond donors (Lipinski definition) is 1. The van der Waals surface area contributed by atoms with Gasteiger partial charge < -0.3 is 5.11 Å². The van der Waals surface area contributed by atoms with E-state index in [2.05, 4.69) is 9.59 Å². The monoisotopic (exact) mass is 186 g/mol. The molecule has 66 valence electrons. The summed E-state index contributed by atoms with van der Waals surface area (Å²) < 4.78 is 3.61. The minimum atomic E-state index is -0.930. The summed E-state index contributed by atoms with van der Waals surface area (Å²) in [6.45, 7) is 4.04. The molecule has 0 radical (unpaired) electrons. The molecule has 4 nitrogen and oxygen atoms in total. The summed E-state index contributed by atoms with van der Waals surface area (Å²) in [7, 11) is 0. The smallest absolute Gasteiger partial charge is 0.349 e. The lowest BCUT2D eigenvalue weighted by Crippen LogP contribution is -2.02. The number of aromatic carboxylic acids is 1. The van der Waals surface area contributed by atoms with Crippen LogP contribution in [0.25, 0.3) is 0 Å². The first-order valence-electron chi connectivity index (χ1n) is 3.65. The number of aromatic nitrogens is 2.